The van der Waals surface area contributed by atoms with Crippen molar-refractivity contribution < 1.29 is 15.0 Å². The Labute approximate surface area is 105 Å². The minimum Gasteiger partial charge on any atom is -0.478 e. The normalized spacial score (nSPS) is 13.1. The lowest BCUT2D eigenvalue weighted by Crippen LogP contribution is -2.19. The molecule has 0 aliphatic carbocycles. The van der Waals surface area contributed by atoms with Gasteiger partial charge in [-0.25, -0.2) is 9.78 Å². The number of fused-ring (bicyclic) bond motifs is 1. The fraction of sp³-hybridized carbons (Fsp3) is 0.385. The largest absolute Gasteiger partial charge is 0.478 e. The van der Waals surface area contributed by atoms with Gasteiger partial charge >= 0.3 is 5.97 Å². The molecule has 1 atom stereocenters. The SMILES string of the molecule is CC(C)[C@H](CO)n1cnc2cccc(C(=O)O)c21. The summed E-state index contributed by atoms with van der Waals surface area (Å²) in [5.41, 5.74) is 1.41. The number of carboxylic acids is 1. The van der Waals surface area contributed by atoms with Gasteiger partial charge in [-0.3, -0.25) is 0 Å². The van der Waals surface area contributed by atoms with Crippen LogP contribution in [-0.4, -0.2) is 32.3 Å². The molecule has 0 saturated heterocycles. The summed E-state index contributed by atoms with van der Waals surface area (Å²) < 4.78 is 1.75. The highest BCUT2D eigenvalue weighted by atomic mass is 16.4. The van der Waals surface area contributed by atoms with Gasteiger partial charge < -0.3 is 14.8 Å². The van der Waals surface area contributed by atoms with Crippen LogP contribution in [0, 0.1) is 5.92 Å². The summed E-state index contributed by atoms with van der Waals surface area (Å²) in [5.74, 6) is -0.794. The molecular weight excluding hydrogens is 232 g/mol. The first-order chi connectivity index (χ1) is 8.56. The first kappa shape index (κ1) is 12.6. The Hall–Kier alpha value is -1.88. The number of aliphatic hydroxyl groups excluding tert-OH is 1. The minimum atomic E-state index is -0.984. The molecule has 0 aliphatic heterocycles. The molecule has 2 N–H and O–H groups in total. The van der Waals surface area contributed by atoms with Gasteiger partial charge in [0.2, 0.25) is 0 Å². The van der Waals surface area contributed by atoms with Crippen molar-refractivity contribution in [2.75, 3.05) is 6.61 Å². The number of rotatable bonds is 4. The zero-order chi connectivity index (χ0) is 13.3. The molecule has 0 fully saturated rings. The second kappa shape index (κ2) is 4.78. The third-order valence-electron chi connectivity index (χ3n) is 3.14. The fourth-order valence-corrected chi connectivity index (χ4v) is 2.13. The molecule has 5 heteroatoms. The van der Waals surface area contributed by atoms with Gasteiger partial charge in [0.25, 0.3) is 0 Å². The van der Waals surface area contributed by atoms with E-state index >= 15 is 0 Å². The van der Waals surface area contributed by atoms with Gasteiger partial charge in [0.1, 0.15) is 0 Å². The van der Waals surface area contributed by atoms with E-state index in [1.165, 1.54) is 0 Å². The molecule has 0 unspecified atom stereocenters. The molecule has 0 spiro atoms. The van der Waals surface area contributed by atoms with E-state index < -0.39 is 5.97 Å². The van der Waals surface area contributed by atoms with Gasteiger partial charge in [-0.05, 0) is 18.1 Å². The molecule has 0 aliphatic rings. The Morgan fingerprint density at radius 3 is 2.72 bits per heavy atom. The Morgan fingerprint density at radius 1 is 1.44 bits per heavy atom. The average molecular weight is 248 g/mol. The molecule has 5 nitrogen and oxygen atoms in total. The maximum absolute atomic E-state index is 11.2. The van der Waals surface area contributed by atoms with E-state index in [-0.39, 0.29) is 24.1 Å². The maximum Gasteiger partial charge on any atom is 0.337 e. The summed E-state index contributed by atoms with van der Waals surface area (Å²) in [4.78, 5) is 15.4. The third kappa shape index (κ3) is 1.97. The van der Waals surface area contributed by atoms with Crippen LogP contribution in [0.15, 0.2) is 24.5 Å². The summed E-state index contributed by atoms with van der Waals surface area (Å²) in [6.07, 6.45) is 1.60. The maximum atomic E-state index is 11.2. The van der Waals surface area contributed by atoms with Crippen LogP contribution >= 0.6 is 0 Å². The van der Waals surface area contributed by atoms with E-state index in [1.54, 1.807) is 29.1 Å². The van der Waals surface area contributed by atoms with Crippen LogP contribution in [0.25, 0.3) is 11.0 Å². The van der Waals surface area contributed by atoms with Gasteiger partial charge in [0, 0.05) is 0 Å². The molecule has 1 aromatic carbocycles. The van der Waals surface area contributed by atoms with E-state index in [0.717, 1.165) is 0 Å². The number of carbonyl (C=O) groups is 1. The standard InChI is InChI=1S/C13H16N2O3/c1-8(2)11(6-16)15-7-14-10-5-3-4-9(12(10)15)13(17)18/h3-5,7-8,11,16H,6H2,1-2H3,(H,17,18)/t11-/m0/s1. The van der Waals surface area contributed by atoms with Crippen molar-refractivity contribution in [3.8, 4) is 0 Å². The van der Waals surface area contributed by atoms with E-state index in [4.69, 9.17) is 0 Å². The summed E-state index contributed by atoms with van der Waals surface area (Å²) >= 11 is 0. The zero-order valence-corrected chi connectivity index (χ0v) is 10.4. The van der Waals surface area contributed by atoms with Gasteiger partial charge in [-0.15, -0.1) is 0 Å². The number of hydrogen-bond acceptors (Lipinski definition) is 3. The number of aliphatic hydroxyl groups is 1. The quantitative estimate of drug-likeness (QED) is 0.866. The molecule has 0 radical (unpaired) electrons. The second-order valence-electron chi connectivity index (χ2n) is 4.62. The number of aromatic nitrogens is 2. The molecule has 96 valence electrons. The Balaban J connectivity index is 2.68. The zero-order valence-electron chi connectivity index (χ0n) is 10.4. The van der Waals surface area contributed by atoms with Crippen molar-refractivity contribution in [3.05, 3.63) is 30.1 Å². The van der Waals surface area contributed by atoms with Crippen molar-refractivity contribution in [1.29, 1.82) is 0 Å². The summed E-state index contributed by atoms with van der Waals surface area (Å²) in [6, 6.07) is 4.83. The first-order valence-electron chi connectivity index (χ1n) is 5.86. The summed E-state index contributed by atoms with van der Waals surface area (Å²) in [7, 11) is 0. The molecule has 2 rings (SSSR count). The number of imidazole rings is 1. The molecule has 1 aromatic heterocycles. The van der Waals surface area contributed by atoms with Crippen LogP contribution < -0.4 is 0 Å². The number of aromatic carboxylic acids is 1. The highest BCUT2D eigenvalue weighted by Crippen LogP contribution is 2.25. The monoisotopic (exact) mass is 248 g/mol. The Bertz CT molecular complexity index is 575. The first-order valence-corrected chi connectivity index (χ1v) is 5.86. The predicted octanol–water partition coefficient (Wildman–Crippen LogP) is 1.92. The summed E-state index contributed by atoms with van der Waals surface area (Å²) in [6.45, 7) is 3.92. The number of nitrogens with zero attached hydrogens (tertiary/aromatic N) is 2. The molecule has 0 amide bonds. The van der Waals surface area contributed by atoms with Crippen LogP contribution in [-0.2, 0) is 0 Å². The van der Waals surface area contributed by atoms with Gasteiger partial charge in [0.15, 0.2) is 0 Å². The Kier molecular flexibility index (Phi) is 3.34. The molecule has 0 saturated carbocycles. The lowest BCUT2D eigenvalue weighted by Gasteiger charge is -2.21. The predicted molar refractivity (Wildman–Crippen MR) is 67.7 cm³/mol. The number of hydrogen-bond donors (Lipinski definition) is 2. The lowest BCUT2D eigenvalue weighted by molar-refractivity contribution is 0.0698. The number of carboxylic acid groups (broad SMARTS) is 1. The van der Waals surface area contributed by atoms with Crippen LogP contribution in [0.5, 0.6) is 0 Å². The average Bonchev–Trinajstić information content (AvgIpc) is 2.73. The molecule has 2 aromatic rings. The van der Waals surface area contributed by atoms with Crippen LogP contribution in [0.1, 0.15) is 30.2 Å². The highest BCUT2D eigenvalue weighted by Gasteiger charge is 2.20. The molecular formula is C13H16N2O3. The summed E-state index contributed by atoms with van der Waals surface area (Å²) in [5, 5.41) is 18.7. The van der Waals surface area contributed by atoms with Crippen molar-refractivity contribution >= 4 is 17.0 Å². The second-order valence-corrected chi connectivity index (χ2v) is 4.62. The number of para-hydroxylation sites is 1. The molecule has 1 heterocycles. The van der Waals surface area contributed by atoms with Gasteiger partial charge in [-0.2, -0.15) is 0 Å². The highest BCUT2D eigenvalue weighted by molar-refractivity contribution is 6.01. The van der Waals surface area contributed by atoms with Crippen molar-refractivity contribution in [3.63, 3.8) is 0 Å². The fourth-order valence-electron chi connectivity index (χ4n) is 2.13. The van der Waals surface area contributed by atoms with E-state index in [0.29, 0.717) is 11.0 Å². The third-order valence-corrected chi connectivity index (χ3v) is 3.14. The van der Waals surface area contributed by atoms with Gasteiger partial charge in [-0.1, -0.05) is 19.9 Å². The van der Waals surface area contributed by atoms with E-state index in [1.807, 2.05) is 13.8 Å². The van der Waals surface area contributed by atoms with E-state index in [2.05, 4.69) is 4.98 Å². The van der Waals surface area contributed by atoms with Gasteiger partial charge in [0.05, 0.1) is 35.6 Å². The van der Waals surface area contributed by atoms with Crippen molar-refractivity contribution in [1.82, 2.24) is 9.55 Å². The topological polar surface area (TPSA) is 75.3 Å². The Morgan fingerprint density at radius 2 is 2.17 bits per heavy atom. The van der Waals surface area contributed by atoms with Crippen LogP contribution in [0.4, 0.5) is 0 Å². The lowest BCUT2D eigenvalue weighted by atomic mass is 10.0. The van der Waals surface area contributed by atoms with Crippen molar-refractivity contribution in [2.45, 2.75) is 19.9 Å². The van der Waals surface area contributed by atoms with E-state index in [9.17, 15) is 15.0 Å². The minimum absolute atomic E-state index is 0.0446. The van der Waals surface area contributed by atoms with Crippen LogP contribution in [0.2, 0.25) is 0 Å². The van der Waals surface area contributed by atoms with Crippen molar-refractivity contribution in [2.24, 2.45) is 5.92 Å². The number of benzene rings is 1. The smallest absolute Gasteiger partial charge is 0.337 e. The molecule has 0 bridgehead atoms. The van der Waals surface area contributed by atoms with Crippen LogP contribution in [0.3, 0.4) is 0 Å². The molecule has 18 heavy (non-hydrogen) atoms.